The molecule has 0 aliphatic heterocycles. The average Bonchev–Trinajstić information content (AvgIpc) is 2.70. The maximum Gasteiger partial charge on any atom is 0.303 e. The van der Waals surface area contributed by atoms with Crippen LogP contribution in [0.25, 0.3) is 10.9 Å². The molecule has 90 valence electrons. The van der Waals surface area contributed by atoms with E-state index in [2.05, 4.69) is 4.98 Å². The number of rotatable bonds is 4. The first kappa shape index (κ1) is 11.7. The smallest absolute Gasteiger partial charge is 0.303 e. The normalized spacial score (nSPS) is 14.7. The Kier molecular flexibility index (Phi) is 3.15. The molecule has 0 aliphatic rings. The second kappa shape index (κ2) is 4.59. The second-order valence-electron chi connectivity index (χ2n) is 4.39. The zero-order valence-corrected chi connectivity index (χ0v) is 9.68. The van der Waals surface area contributed by atoms with Crippen molar-refractivity contribution in [1.82, 2.24) is 4.98 Å². The number of hydrogen-bond donors (Lipinski definition) is 3. The number of hydrogen-bond acceptors (Lipinski definition) is 2. The Labute approximate surface area is 99.4 Å². The van der Waals surface area contributed by atoms with Crippen LogP contribution >= 0.6 is 0 Å². The van der Waals surface area contributed by atoms with E-state index in [4.69, 9.17) is 10.8 Å². The summed E-state index contributed by atoms with van der Waals surface area (Å²) < 4.78 is 0. The Morgan fingerprint density at radius 1 is 1.47 bits per heavy atom. The van der Waals surface area contributed by atoms with Crippen LogP contribution in [0, 0.1) is 5.92 Å². The van der Waals surface area contributed by atoms with E-state index in [0.29, 0.717) is 0 Å². The molecule has 0 amide bonds. The minimum atomic E-state index is -0.812. The van der Waals surface area contributed by atoms with Crippen LogP contribution < -0.4 is 5.73 Å². The van der Waals surface area contributed by atoms with Gasteiger partial charge in [0.2, 0.25) is 0 Å². The Morgan fingerprint density at radius 2 is 2.18 bits per heavy atom. The fourth-order valence-electron chi connectivity index (χ4n) is 2.08. The van der Waals surface area contributed by atoms with Gasteiger partial charge in [-0.2, -0.15) is 0 Å². The van der Waals surface area contributed by atoms with Crippen LogP contribution in [0.3, 0.4) is 0 Å². The predicted octanol–water partition coefficient (Wildman–Crippen LogP) is 2.28. The number of nitrogens with two attached hydrogens (primary N) is 1. The Morgan fingerprint density at radius 3 is 2.88 bits per heavy atom. The van der Waals surface area contributed by atoms with Gasteiger partial charge in [-0.3, -0.25) is 4.79 Å². The van der Waals surface area contributed by atoms with Crippen molar-refractivity contribution < 1.29 is 9.90 Å². The van der Waals surface area contributed by atoms with Crippen molar-refractivity contribution in [2.24, 2.45) is 11.7 Å². The lowest BCUT2D eigenvalue weighted by atomic mass is 9.92. The number of carbonyl (C=O) groups is 1. The number of benzene rings is 1. The van der Waals surface area contributed by atoms with Gasteiger partial charge in [0.05, 0.1) is 0 Å². The number of fused-ring (bicyclic) bond motifs is 1. The number of aromatic nitrogens is 1. The largest absolute Gasteiger partial charge is 0.481 e. The minimum Gasteiger partial charge on any atom is -0.481 e. The molecule has 2 atom stereocenters. The third kappa shape index (κ3) is 2.31. The summed E-state index contributed by atoms with van der Waals surface area (Å²) >= 11 is 0. The van der Waals surface area contributed by atoms with Crippen molar-refractivity contribution >= 4 is 16.9 Å². The van der Waals surface area contributed by atoms with Crippen LogP contribution in [-0.4, -0.2) is 16.1 Å². The quantitative estimate of drug-likeness (QED) is 0.756. The van der Waals surface area contributed by atoms with E-state index in [9.17, 15) is 4.79 Å². The number of H-pyrrole nitrogens is 1. The monoisotopic (exact) mass is 232 g/mol. The molecule has 0 spiro atoms. The molecule has 0 bridgehead atoms. The first-order chi connectivity index (χ1) is 8.09. The molecule has 0 saturated carbocycles. The molecule has 1 heterocycles. The molecule has 2 rings (SSSR count). The van der Waals surface area contributed by atoms with Crippen molar-refractivity contribution in [3.8, 4) is 0 Å². The highest BCUT2D eigenvalue weighted by Crippen LogP contribution is 2.28. The Hall–Kier alpha value is -1.81. The third-order valence-corrected chi connectivity index (χ3v) is 3.09. The molecule has 4 heteroatoms. The zero-order valence-electron chi connectivity index (χ0n) is 9.68. The van der Waals surface area contributed by atoms with E-state index in [1.165, 1.54) is 0 Å². The van der Waals surface area contributed by atoms with Crippen LogP contribution in [0.2, 0.25) is 0 Å². The molecule has 0 aliphatic carbocycles. The van der Waals surface area contributed by atoms with E-state index >= 15 is 0 Å². The highest BCUT2D eigenvalue weighted by Gasteiger charge is 2.20. The summed E-state index contributed by atoms with van der Waals surface area (Å²) in [5.41, 5.74) is 8.12. The third-order valence-electron chi connectivity index (χ3n) is 3.09. The maximum atomic E-state index is 10.7. The summed E-state index contributed by atoms with van der Waals surface area (Å²) in [7, 11) is 0. The van der Waals surface area contributed by atoms with Gasteiger partial charge in [-0.25, -0.2) is 0 Å². The lowest BCUT2D eigenvalue weighted by molar-refractivity contribution is -0.138. The number of aromatic amines is 1. The summed E-state index contributed by atoms with van der Waals surface area (Å²) in [5, 5.41) is 9.85. The molecule has 1 aromatic carbocycles. The second-order valence-corrected chi connectivity index (χ2v) is 4.39. The molecule has 2 aromatic rings. The SMILES string of the molecule is CC(CC(=O)O)C(N)c1c[nH]c2ccccc12. The fourth-order valence-corrected chi connectivity index (χ4v) is 2.08. The van der Waals surface area contributed by atoms with Gasteiger partial charge in [0, 0.05) is 29.6 Å². The number of para-hydroxylation sites is 1. The van der Waals surface area contributed by atoms with E-state index in [1.807, 2.05) is 37.4 Å². The first-order valence-corrected chi connectivity index (χ1v) is 5.63. The van der Waals surface area contributed by atoms with Gasteiger partial charge >= 0.3 is 5.97 Å². The number of nitrogens with one attached hydrogen (secondary N) is 1. The van der Waals surface area contributed by atoms with E-state index in [-0.39, 0.29) is 18.4 Å². The van der Waals surface area contributed by atoms with Crippen LogP contribution in [0.5, 0.6) is 0 Å². The van der Waals surface area contributed by atoms with Crippen LogP contribution in [0.15, 0.2) is 30.5 Å². The van der Waals surface area contributed by atoms with Crippen molar-refractivity contribution in [2.45, 2.75) is 19.4 Å². The topological polar surface area (TPSA) is 79.1 Å². The van der Waals surface area contributed by atoms with Gasteiger partial charge in [-0.1, -0.05) is 25.1 Å². The van der Waals surface area contributed by atoms with Crippen LogP contribution in [0.1, 0.15) is 24.9 Å². The lowest BCUT2D eigenvalue weighted by Crippen LogP contribution is -2.21. The Balaban J connectivity index is 2.30. The summed E-state index contributed by atoms with van der Waals surface area (Å²) in [5.74, 6) is -0.903. The van der Waals surface area contributed by atoms with Gasteiger partial charge in [0.25, 0.3) is 0 Å². The highest BCUT2D eigenvalue weighted by molar-refractivity contribution is 5.83. The Bertz CT molecular complexity index is 533. The molecule has 0 saturated heterocycles. The first-order valence-electron chi connectivity index (χ1n) is 5.63. The fraction of sp³-hybridized carbons (Fsp3) is 0.308. The van der Waals surface area contributed by atoms with Gasteiger partial charge in [-0.15, -0.1) is 0 Å². The van der Waals surface area contributed by atoms with Gasteiger partial charge < -0.3 is 15.8 Å². The number of aliphatic carboxylic acids is 1. The van der Waals surface area contributed by atoms with Crippen LogP contribution in [0.4, 0.5) is 0 Å². The summed E-state index contributed by atoms with van der Waals surface area (Å²) in [4.78, 5) is 13.8. The molecule has 2 unspecified atom stereocenters. The molecule has 1 aromatic heterocycles. The average molecular weight is 232 g/mol. The van der Waals surface area contributed by atoms with E-state index < -0.39 is 5.97 Å². The van der Waals surface area contributed by atoms with Gasteiger partial charge in [0.15, 0.2) is 0 Å². The van der Waals surface area contributed by atoms with Crippen molar-refractivity contribution in [3.05, 3.63) is 36.0 Å². The molecule has 4 N–H and O–H groups in total. The number of carboxylic acids is 1. The molecule has 0 radical (unpaired) electrons. The standard InChI is InChI=1S/C13H16N2O2/c1-8(6-12(16)17)13(14)10-7-15-11-5-3-2-4-9(10)11/h2-5,7-8,13,15H,6,14H2,1H3,(H,16,17). The molecule has 17 heavy (non-hydrogen) atoms. The summed E-state index contributed by atoms with van der Waals surface area (Å²) in [6.45, 7) is 1.86. The van der Waals surface area contributed by atoms with Crippen molar-refractivity contribution in [3.63, 3.8) is 0 Å². The molecule has 0 fully saturated rings. The zero-order chi connectivity index (χ0) is 12.4. The molecular weight excluding hydrogens is 216 g/mol. The highest BCUT2D eigenvalue weighted by atomic mass is 16.4. The van der Waals surface area contributed by atoms with Crippen molar-refractivity contribution in [2.75, 3.05) is 0 Å². The summed E-state index contributed by atoms with van der Waals surface area (Å²) in [6, 6.07) is 7.62. The van der Waals surface area contributed by atoms with Crippen molar-refractivity contribution in [1.29, 1.82) is 0 Å². The van der Waals surface area contributed by atoms with E-state index in [0.717, 1.165) is 16.5 Å². The predicted molar refractivity (Wildman–Crippen MR) is 66.6 cm³/mol. The van der Waals surface area contributed by atoms with E-state index in [1.54, 1.807) is 0 Å². The summed E-state index contributed by atoms with van der Waals surface area (Å²) in [6.07, 6.45) is 1.95. The number of carboxylic acid groups (broad SMARTS) is 1. The minimum absolute atomic E-state index is 0.0840. The molecule has 4 nitrogen and oxygen atoms in total. The maximum absolute atomic E-state index is 10.7. The van der Waals surface area contributed by atoms with Crippen LogP contribution in [-0.2, 0) is 4.79 Å². The van der Waals surface area contributed by atoms with Gasteiger partial charge in [0.1, 0.15) is 0 Å². The molecular formula is C13H16N2O2. The lowest BCUT2D eigenvalue weighted by Gasteiger charge is -2.17. The van der Waals surface area contributed by atoms with Gasteiger partial charge in [-0.05, 0) is 17.5 Å².